The zero-order chi connectivity index (χ0) is 24.2. The second kappa shape index (κ2) is 7.11. The van der Waals surface area contributed by atoms with E-state index in [0.29, 0.717) is 23.7 Å². The van der Waals surface area contributed by atoms with Crippen LogP contribution in [0.15, 0.2) is 11.6 Å². The van der Waals surface area contributed by atoms with Gasteiger partial charge in [0.15, 0.2) is 0 Å². The second-order valence-corrected chi connectivity index (χ2v) is 14.5. The number of carboxylic acid groups (broad SMARTS) is 1. The summed E-state index contributed by atoms with van der Waals surface area (Å²) in [6, 6.07) is 0. The molecule has 5 rings (SSSR count). The number of hydrogen-bond donors (Lipinski definition) is 2. The first kappa shape index (κ1) is 23.9. The van der Waals surface area contributed by atoms with Gasteiger partial charge in [-0.15, -0.1) is 0 Å². The van der Waals surface area contributed by atoms with Crippen LogP contribution in [0.4, 0.5) is 0 Å². The summed E-state index contributed by atoms with van der Waals surface area (Å²) in [6.07, 6.45) is 11.6. The van der Waals surface area contributed by atoms with Crippen LogP contribution in [0, 0.1) is 56.7 Å². The smallest absolute Gasteiger partial charge is 0.310 e. The maximum absolute atomic E-state index is 12.8. The third-order valence-corrected chi connectivity index (χ3v) is 13.4. The molecule has 0 heterocycles. The summed E-state index contributed by atoms with van der Waals surface area (Å²) in [5, 5.41) is 21.4. The van der Waals surface area contributed by atoms with Crippen LogP contribution in [-0.4, -0.2) is 22.3 Å². The molecule has 0 bridgehead atoms. The molecule has 0 aliphatic heterocycles. The van der Waals surface area contributed by atoms with E-state index in [-0.39, 0.29) is 33.7 Å². The van der Waals surface area contributed by atoms with Gasteiger partial charge in [-0.3, -0.25) is 4.79 Å². The Labute approximate surface area is 201 Å². The van der Waals surface area contributed by atoms with Crippen LogP contribution in [0.1, 0.15) is 106 Å². The molecule has 2 N–H and O–H groups in total. The van der Waals surface area contributed by atoms with E-state index in [1.807, 2.05) is 0 Å². The number of fused-ring (bicyclic) bond motifs is 7. The molecule has 10 atom stereocenters. The summed E-state index contributed by atoms with van der Waals surface area (Å²) in [6.45, 7) is 17.0. The molecule has 4 fully saturated rings. The van der Waals surface area contributed by atoms with E-state index in [4.69, 9.17) is 0 Å². The summed E-state index contributed by atoms with van der Waals surface area (Å²) in [5.74, 6) is 1.82. The second-order valence-electron chi connectivity index (χ2n) is 14.5. The highest BCUT2D eigenvalue weighted by Gasteiger charge is 2.69. The quantitative estimate of drug-likeness (QED) is 0.414. The Morgan fingerprint density at radius 2 is 1.61 bits per heavy atom. The number of carboxylic acids is 1. The summed E-state index contributed by atoms with van der Waals surface area (Å²) < 4.78 is 0. The maximum atomic E-state index is 12.8. The molecule has 4 saturated carbocycles. The Morgan fingerprint density at radius 3 is 2.27 bits per heavy atom. The number of aliphatic hydroxyl groups is 1. The van der Waals surface area contributed by atoms with Crippen LogP contribution in [0.3, 0.4) is 0 Å². The number of carbonyl (C=O) groups is 1. The van der Waals surface area contributed by atoms with Gasteiger partial charge >= 0.3 is 5.97 Å². The van der Waals surface area contributed by atoms with E-state index in [1.54, 1.807) is 0 Å². The van der Waals surface area contributed by atoms with Crippen molar-refractivity contribution in [1.29, 1.82) is 0 Å². The monoisotopic (exact) mass is 456 g/mol. The molecule has 0 amide bonds. The minimum absolute atomic E-state index is 0.0302. The SMILES string of the molecule is C[C@@H]1CC[C@]2(C(=O)O)CC[C@]3(C)C(=CCC4[C@@]5(C)CCC(O)C(C)(C)C5CC[C@]43C)C2[C@H]1C. The van der Waals surface area contributed by atoms with Gasteiger partial charge in [0.25, 0.3) is 0 Å². The summed E-state index contributed by atoms with van der Waals surface area (Å²) in [7, 11) is 0. The molecule has 0 aromatic heterocycles. The molecule has 0 aromatic rings. The van der Waals surface area contributed by atoms with Gasteiger partial charge in [-0.2, -0.15) is 0 Å². The normalized spacial score (nSPS) is 55.3. The number of hydrogen-bond acceptors (Lipinski definition) is 2. The third kappa shape index (κ3) is 2.75. The van der Waals surface area contributed by atoms with Crippen LogP contribution in [0.25, 0.3) is 0 Å². The fourth-order valence-corrected chi connectivity index (χ4v) is 10.8. The first-order valence-electron chi connectivity index (χ1n) is 13.9. The molecule has 5 aliphatic carbocycles. The molecule has 0 aromatic carbocycles. The number of aliphatic carboxylic acids is 1. The average molecular weight is 457 g/mol. The fourth-order valence-electron chi connectivity index (χ4n) is 10.8. The molecule has 33 heavy (non-hydrogen) atoms. The lowest BCUT2D eigenvalue weighted by Gasteiger charge is -2.71. The molecule has 5 aliphatic rings. The highest BCUT2D eigenvalue weighted by Crippen LogP contribution is 2.75. The van der Waals surface area contributed by atoms with Gasteiger partial charge in [-0.05, 0) is 109 Å². The van der Waals surface area contributed by atoms with E-state index in [2.05, 4.69) is 54.5 Å². The molecule has 3 heteroatoms. The summed E-state index contributed by atoms with van der Waals surface area (Å²) in [4.78, 5) is 12.8. The van der Waals surface area contributed by atoms with Crippen molar-refractivity contribution in [2.24, 2.45) is 56.7 Å². The first-order valence-corrected chi connectivity index (χ1v) is 13.9. The van der Waals surface area contributed by atoms with Crippen molar-refractivity contribution in [3.05, 3.63) is 11.6 Å². The van der Waals surface area contributed by atoms with E-state index >= 15 is 0 Å². The zero-order valence-electron chi connectivity index (χ0n) is 22.2. The largest absolute Gasteiger partial charge is 0.481 e. The molecular formula is C30H48O3. The maximum Gasteiger partial charge on any atom is 0.310 e. The minimum atomic E-state index is -0.557. The van der Waals surface area contributed by atoms with E-state index in [0.717, 1.165) is 44.9 Å². The lowest BCUT2D eigenvalue weighted by atomic mass is 9.33. The number of rotatable bonds is 1. The minimum Gasteiger partial charge on any atom is -0.481 e. The lowest BCUT2D eigenvalue weighted by Crippen LogP contribution is -2.65. The van der Waals surface area contributed by atoms with Crippen LogP contribution < -0.4 is 0 Å². The van der Waals surface area contributed by atoms with Crippen molar-refractivity contribution >= 4 is 5.97 Å². The molecule has 186 valence electrons. The van der Waals surface area contributed by atoms with Gasteiger partial charge in [0.1, 0.15) is 0 Å². The molecule has 0 radical (unpaired) electrons. The predicted molar refractivity (Wildman–Crippen MR) is 133 cm³/mol. The predicted octanol–water partition coefficient (Wildman–Crippen LogP) is 7.09. The highest BCUT2D eigenvalue weighted by atomic mass is 16.4. The molecule has 4 unspecified atom stereocenters. The Kier molecular flexibility index (Phi) is 5.15. The molecule has 3 nitrogen and oxygen atoms in total. The lowest BCUT2D eigenvalue weighted by molar-refractivity contribution is -0.206. The molecule has 0 spiro atoms. The van der Waals surface area contributed by atoms with Gasteiger partial charge < -0.3 is 10.2 Å². The van der Waals surface area contributed by atoms with Crippen LogP contribution in [-0.2, 0) is 4.79 Å². The standard InChI is InChI=1S/C30H48O3/c1-18-10-15-30(25(32)33)17-16-28(6)20(24(30)19(18)2)8-9-22-27(5)13-12-23(31)26(3,4)21(27)11-14-29(22,28)7/h8,18-19,21-24,31H,9-17H2,1-7H3,(H,32,33)/t18-,19+,21?,22?,23?,24?,27+,28-,29-,30+/m1/s1. The average Bonchev–Trinajstić information content (AvgIpc) is 2.74. The van der Waals surface area contributed by atoms with Gasteiger partial charge in [0.2, 0.25) is 0 Å². The number of allylic oxidation sites excluding steroid dienone is 2. The van der Waals surface area contributed by atoms with Crippen LogP contribution in [0.2, 0.25) is 0 Å². The van der Waals surface area contributed by atoms with Crippen molar-refractivity contribution < 1.29 is 15.0 Å². The Balaban J connectivity index is 1.61. The van der Waals surface area contributed by atoms with Crippen molar-refractivity contribution in [1.82, 2.24) is 0 Å². The summed E-state index contributed by atoms with van der Waals surface area (Å²) >= 11 is 0. The zero-order valence-corrected chi connectivity index (χ0v) is 22.2. The van der Waals surface area contributed by atoms with Crippen LogP contribution in [0.5, 0.6) is 0 Å². The highest BCUT2D eigenvalue weighted by molar-refractivity contribution is 5.76. The fraction of sp³-hybridized carbons (Fsp3) is 0.900. The van der Waals surface area contributed by atoms with Crippen molar-refractivity contribution in [2.45, 2.75) is 112 Å². The van der Waals surface area contributed by atoms with Crippen molar-refractivity contribution in [3.8, 4) is 0 Å². The third-order valence-electron chi connectivity index (χ3n) is 13.4. The summed E-state index contributed by atoms with van der Waals surface area (Å²) in [5.41, 5.74) is 1.46. The van der Waals surface area contributed by atoms with E-state index in [9.17, 15) is 15.0 Å². The van der Waals surface area contributed by atoms with Crippen molar-refractivity contribution in [2.75, 3.05) is 0 Å². The van der Waals surface area contributed by atoms with Gasteiger partial charge in [-0.25, -0.2) is 0 Å². The van der Waals surface area contributed by atoms with Gasteiger partial charge in [-0.1, -0.05) is 60.1 Å². The topological polar surface area (TPSA) is 57.5 Å². The Morgan fingerprint density at radius 1 is 0.909 bits per heavy atom. The Hall–Kier alpha value is -0.830. The van der Waals surface area contributed by atoms with Gasteiger partial charge in [0, 0.05) is 0 Å². The number of aliphatic hydroxyl groups excluding tert-OH is 1. The molecular weight excluding hydrogens is 408 g/mol. The van der Waals surface area contributed by atoms with Crippen LogP contribution >= 0.6 is 0 Å². The first-order chi connectivity index (χ1) is 15.3. The Bertz CT molecular complexity index is 874. The van der Waals surface area contributed by atoms with E-state index in [1.165, 1.54) is 18.4 Å². The molecule has 0 saturated heterocycles. The van der Waals surface area contributed by atoms with Crippen molar-refractivity contribution in [3.63, 3.8) is 0 Å². The van der Waals surface area contributed by atoms with Gasteiger partial charge in [0.05, 0.1) is 11.5 Å². The van der Waals surface area contributed by atoms with E-state index < -0.39 is 11.4 Å².